The van der Waals surface area contributed by atoms with Gasteiger partial charge in [-0.25, -0.2) is 0 Å². The number of benzene rings is 1. The SMILES string of the molecule is Cc1ccc2c(c1)N(CCC(=O)NC1CC1)C(=O)CO2. The first-order valence-electron chi connectivity index (χ1n) is 6.96. The Hall–Kier alpha value is -2.04. The first kappa shape index (κ1) is 13.0. The van der Waals surface area contributed by atoms with Gasteiger partial charge in [0, 0.05) is 19.0 Å². The van der Waals surface area contributed by atoms with Crippen molar-refractivity contribution in [3.63, 3.8) is 0 Å². The summed E-state index contributed by atoms with van der Waals surface area (Å²) in [6.07, 6.45) is 2.48. The Morgan fingerprint density at radius 3 is 3.00 bits per heavy atom. The Morgan fingerprint density at radius 2 is 2.25 bits per heavy atom. The molecule has 106 valence electrons. The second kappa shape index (κ2) is 5.15. The molecule has 0 bridgehead atoms. The normalized spacial score (nSPS) is 17.4. The molecule has 1 aromatic rings. The molecule has 1 fully saturated rings. The van der Waals surface area contributed by atoms with Crippen molar-refractivity contribution in [3.05, 3.63) is 23.8 Å². The van der Waals surface area contributed by atoms with Crippen molar-refractivity contribution in [1.29, 1.82) is 0 Å². The van der Waals surface area contributed by atoms with E-state index in [1.54, 1.807) is 4.90 Å². The van der Waals surface area contributed by atoms with Gasteiger partial charge in [-0.2, -0.15) is 0 Å². The number of hydrogen-bond acceptors (Lipinski definition) is 3. The van der Waals surface area contributed by atoms with Gasteiger partial charge in [-0.05, 0) is 37.5 Å². The van der Waals surface area contributed by atoms with Crippen LogP contribution in [0.25, 0.3) is 0 Å². The van der Waals surface area contributed by atoms with Gasteiger partial charge in [0.1, 0.15) is 5.75 Å². The summed E-state index contributed by atoms with van der Waals surface area (Å²) in [6.45, 7) is 2.41. The van der Waals surface area contributed by atoms with Gasteiger partial charge in [0.2, 0.25) is 5.91 Å². The predicted octanol–water partition coefficient (Wildman–Crippen LogP) is 1.39. The molecule has 0 aromatic heterocycles. The lowest BCUT2D eigenvalue weighted by Gasteiger charge is -2.29. The fraction of sp³-hybridized carbons (Fsp3) is 0.467. The molecule has 3 rings (SSSR count). The highest BCUT2D eigenvalue weighted by Crippen LogP contribution is 2.32. The van der Waals surface area contributed by atoms with Crippen LogP contribution in [0.3, 0.4) is 0 Å². The van der Waals surface area contributed by atoms with Gasteiger partial charge in [-0.15, -0.1) is 0 Å². The maximum absolute atomic E-state index is 12.0. The lowest BCUT2D eigenvalue weighted by molar-refractivity contribution is -0.122. The van der Waals surface area contributed by atoms with Crippen LogP contribution in [0.15, 0.2) is 18.2 Å². The first-order chi connectivity index (χ1) is 9.63. The van der Waals surface area contributed by atoms with E-state index in [0.29, 0.717) is 24.8 Å². The molecule has 1 aromatic carbocycles. The molecular weight excluding hydrogens is 256 g/mol. The zero-order valence-corrected chi connectivity index (χ0v) is 11.5. The van der Waals surface area contributed by atoms with Crippen LogP contribution in [0, 0.1) is 6.92 Å². The van der Waals surface area contributed by atoms with Crippen molar-refractivity contribution >= 4 is 17.5 Å². The van der Waals surface area contributed by atoms with Crippen molar-refractivity contribution in [2.75, 3.05) is 18.1 Å². The summed E-state index contributed by atoms with van der Waals surface area (Å²) in [5.74, 6) is 0.626. The molecule has 2 amide bonds. The molecule has 0 spiro atoms. The van der Waals surface area contributed by atoms with Gasteiger partial charge >= 0.3 is 0 Å². The number of nitrogens with one attached hydrogen (secondary N) is 1. The van der Waals surface area contributed by atoms with E-state index in [-0.39, 0.29) is 18.4 Å². The average molecular weight is 274 g/mol. The topological polar surface area (TPSA) is 58.6 Å². The Kier molecular flexibility index (Phi) is 3.34. The number of rotatable bonds is 4. The average Bonchev–Trinajstić information content (AvgIpc) is 3.21. The third-order valence-electron chi connectivity index (χ3n) is 3.56. The summed E-state index contributed by atoms with van der Waals surface area (Å²) >= 11 is 0. The van der Waals surface area contributed by atoms with Crippen LogP contribution in [0.4, 0.5) is 5.69 Å². The van der Waals surface area contributed by atoms with Gasteiger partial charge < -0.3 is 15.0 Å². The number of fused-ring (bicyclic) bond motifs is 1. The monoisotopic (exact) mass is 274 g/mol. The smallest absolute Gasteiger partial charge is 0.265 e. The van der Waals surface area contributed by atoms with E-state index in [1.165, 1.54) is 0 Å². The number of amides is 2. The Balaban J connectivity index is 1.69. The number of carbonyl (C=O) groups excluding carboxylic acids is 2. The molecule has 1 heterocycles. The van der Waals surface area contributed by atoms with Gasteiger partial charge in [0.05, 0.1) is 5.69 Å². The number of aryl methyl sites for hydroxylation is 1. The van der Waals surface area contributed by atoms with Gasteiger partial charge in [0.15, 0.2) is 6.61 Å². The molecule has 2 aliphatic rings. The molecule has 0 saturated heterocycles. The third-order valence-corrected chi connectivity index (χ3v) is 3.56. The maximum Gasteiger partial charge on any atom is 0.265 e. The van der Waals surface area contributed by atoms with Gasteiger partial charge in [0.25, 0.3) is 5.91 Å². The lowest BCUT2D eigenvalue weighted by Crippen LogP contribution is -2.41. The largest absolute Gasteiger partial charge is 0.482 e. The van der Waals surface area contributed by atoms with Crippen molar-refractivity contribution < 1.29 is 14.3 Å². The Labute approximate surface area is 117 Å². The van der Waals surface area contributed by atoms with Crippen LogP contribution in [0.2, 0.25) is 0 Å². The summed E-state index contributed by atoms with van der Waals surface area (Å²) in [5, 5.41) is 2.94. The van der Waals surface area contributed by atoms with Crippen LogP contribution >= 0.6 is 0 Å². The van der Waals surface area contributed by atoms with Gasteiger partial charge in [-0.1, -0.05) is 6.07 Å². The Morgan fingerprint density at radius 1 is 1.45 bits per heavy atom. The molecule has 5 heteroatoms. The van der Waals surface area contributed by atoms with Crippen LogP contribution in [-0.2, 0) is 9.59 Å². The second-order valence-corrected chi connectivity index (χ2v) is 5.40. The standard InChI is InChI=1S/C15H18N2O3/c1-10-2-5-13-12(8-10)17(15(19)9-20-13)7-6-14(18)16-11-3-4-11/h2,5,8,11H,3-4,6-7,9H2,1H3,(H,16,18). The zero-order chi connectivity index (χ0) is 14.1. The first-order valence-corrected chi connectivity index (χ1v) is 6.96. The van der Waals surface area contributed by atoms with Crippen molar-refractivity contribution in [2.24, 2.45) is 0 Å². The molecule has 1 saturated carbocycles. The quantitative estimate of drug-likeness (QED) is 0.902. The molecule has 1 aliphatic heterocycles. The number of nitrogens with zero attached hydrogens (tertiary/aromatic N) is 1. The maximum atomic E-state index is 12.0. The predicted molar refractivity (Wildman–Crippen MR) is 74.8 cm³/mol. The fourth-order valence-electron chi connectivity index (χ4n) is 2.30. The van der Waals surface area contributed by atoms with E-state index in [1.807, 2.05) is 25.1 Å². The summed E-state index contributed by atoms with van der Waals surface area (Å²) in [7, 11) is 0. The minimum atomic E-state index is -0.0951. The van der Waals surface area contributed by atoms with Crippen LogP contribution in [0.5, 0.6) is 5.75 Å². The molecule has 5 nitrogen and oxygen atoms in total. The molecule has 20 heavy (non-hydrogen) atoms. The Bertz CT molecular complexity index is 552. The minimum absolute atomic E-state index is 0.0148. The molecule has 1 aliphatic carbocycles. The summed E-state index contributed by atoms with van der Waals surface area (Å²) < 4.78 is 5.41. The summed E-state index contributed by atoms with van der Waals surface area (Å²) in [6, 6.07) is 6.10. The number of ether oxygens (including phenoxy) is 1. The highest BCUT2D eigenvalue weighted by molar-refractivity contribution is 5.98. The summed E-state index contributed by atoms with van der Waals surface area (Å²) in [4.78, 5) is 25.4. The van der Waals surface area contributed by atoms with Crippen LogP contribution in [0.1, 0.15) is 24.8 Å². The number of carbonyl (C=O) groups is 2. The molecular formula is C15H18N2O3. The number of hydrogen-bond donors (Lipinski definition) is 1. The van der Waals surface area contributed by atoms with E-state index >= 15 is 0 Å². The zero-order valence-electron chi connectivity index (χ0n) is 11.5. The fourth-order valence-corrected chi connectivity index (χ4v) is 2.30. The number of anilines is 1. The lowest BCUT2D eigenvalue weighted by atomic mass is 10.1. The van der Waals surface area contributed by atoms with Gasteiger partial charge in [-0.3, -0.25) is 9.59 Å². The van der Waals surface area contributed by atoms with Crippen molar-refractivity contribution in [3.8, 4) is 5.75 Å². The van der Waals surface area contributed by atoms with Crippen molar-refractivity contribution in [2.45, 2.75) is 32.2 Å². The third kappa shape index (κ3) is 2.76. The summed E-state index contributed by atoms with van der Waals surface area (Å²) in [5.41, 5.74) is 1.83. The highest BCUT2D eigenvalue weighted by Gasteiger charge is 2.27. The molecule has 0 radical (unpaired) electrons. The van der Waals surface area contributed by atoms with E-state index < -0.39 is 0 Å². The molecule has 0 unspecified atom stereocenters. The van der Waals surface area contributed by atoms with E-state index in [0.717, 1.165) is 24.1 Å². The second-order valence-electron chi connectivity index (χ2n) is 5.40. The van der Waals surface area contributed by atoms with E-state index in [4.69, 9.17) is 4.74 Å². The van der Waals surface area contributed by atoms with E-state index in [2.05, 4.69) is 5.32 Å². The van der Waals surface area contributed by atoms with Crippen molar-refractivity contribution in [1.82, 2.24) is 5.32 Å². The highest BCUT2D eigenvalue weighted by atomic mass is 16.5. The minimum Gasteiger partial charge on any atom is -0.482 e. The van der Waals surface area contributed by atoms with E-state index in [9.17, 15) is 9.59 Å². The van der Waals surface area contributed by atoms with Crippen LogP contribution in [-0.4, -0.2) is 31.0 Å². The molecule has 1 N–H and O–H groups in total. The van der Waals surface area contributed by atoms with Crippen LogP contribution < -0.4 is 15.0 Å². The molecule has 0 atom stereocenters.